The zero-order valence-corrected chi connectivity index (χ0v) is 17.8. The second kappa shape index (κ2) is 11.0. The van der Waals surface area contributed by atoms with Gasteiger partial charge in [-0.2, -0.15) is 0 Å². The smallest absolute Gasteiger partial charge is 0.321 e. The van der Waals surface area contributed by atoms with Crippen molar-refractivity contribution >= 4 is 23.4 Å². The van der Waals surface area contributed by atoms with E-state index in [0.717, 1.165) is 5.69 Å². The average molecular weight is 428 g/mol. The fourth-order valence-electron chi connectivity index (χ4n) is 3.12. The molecule has 0 bridgehead atoms. The predicted molar refractivity (Wildman–Crippen MR) is 118 cm³/mol. The molecule has 3 N–H and O–H groups in total. The number of carbonyl (C=O) groups excluding carboxylic acids is 2. The van der Waals surface area contributed by atoms with E-state index in [1.165, 1.54) is 0 Å². The van der Waals surface area contributed by atoms with Gasteiger partial charge in [0.25, 0.3) is 0 Å². The van der Waals surface area contributed by atoms with Gasteiger partial charge in [-0.3, -0.25) is 4.90 Å². The Kier molecular flexibility index (Phi) is 7.80. The summed E-state index contributed by atoms with van der Waals surface area (Å²) in [6.45, 7) is 3.58. The molecule has 1 aliphatic heterocycles. The van der Waals surface area contributed by atoms with Crippen LogP contribution in [0.4, 0.5) is 21.0 Å². The normalized spacial score (nSPS) is 11.5. The number of anilines is 2. The van der Waals surface area contributed by atoms with E-state index in [1.807, 2.05) is 19.1 Å². The fraction of sp³-hybridized carbons (Fsp3) is 0.364. The first kappa shape index (κ1) is 22.1. The molecule has 1 heterocycles. The van der Waals surface area contributed by atoms with Crippen LogP contribution in [0.15, 0.2) is 42.5 Å². The first-order chi connectivity index (χ1) is 15.1. The van der Waals surface area contributed by atoms with Crippen molar-refractivity contribution in [2.45, 2.75) is 19.8 Å². The lowest BCUT2D eigenvalue weighted by atomic mass is 10.2. The van der Waals surface area contributed by atoms with Crippen LogP contribution in [0.3, 0.4) is 0 Å². The van der Waals surface area contributed by atoms with Gasteiger partial charge in [-0.15, -0.1) is 0 Å². The summed E-state index contributed by atoms with van der Waals surface area (Å²) in [5, 5.41) is 8.43. The van der Waals surface area contributed by atoms with Gasteiger partial charge in [0.2, 0.25) is 6.79 Å². The zero-order chi connectivity index (χ0) is 22.1. The van der Waals surface area contributed by atoms with Gasteiger partial charge in [-0.05, 0) is 44.0 Å². The molecular weight excluding hydrogens is 400 g/mol. The molecule has 2 aromatic carbocycles. The summed E-state index contributed by atoms with van der Waals surface area (Å²) < 4.78 is 15.9. The molecule has 0 unspecified atom stereocenters. The maximum absolute atomic E-state index is 12.5. The van der Waals surface area contributed by atoms with Crippen LogP contribution in [-0.4, -0.2) is 45.6 Å². The Bertz CT molecular complexity index is 905. The molecule has 0 radical (unpaired) electrons. The van der Waals surface area contributed by atoms with Gasteiger partial charge < -0.3 is 30.2 Å². The van der Waals surface area contributed by atoms with Crippen molar-refractivity contribution in [2.75, 3.05) is 43.8 Å². The second-order valence-corrected chi connectivity index (χ2v) is 6.84. The van der Waals surface area contributed by atoms with Crippen molar-refractivity contribution in [3.05, 3.63) is 42.5 Å². The third-order valence-corrected chi connectivity index (χ3v) is 4.66. The molecule has 0 saturated heterocycles. The Morgan fingerprint density at radius 1 is 1.06 bits per heavy atom. The number of hydrogen-bond acceptors (Lipinski definition) is 5. The Labute approximate surface area is 181 Å². The van der Waals surface area contributed by atoms with Crippen LogP contribution in [0.25, 0.3) is 0 Å². The lowest BCUT2D eigenvalue weighted by molar-refractivity contribution is 0.174. The van der Waals surface area contributed by atoms with Crippen LogP contribution in [0.1, 0.15) is 19.8 Å². The highest BCUT2D eigenvalue weighted by Gasteiger charge is 2.19. The van der Waals surface area contributed by atoms with Crippen LogP contribution >= 0.6 is 0 Å². The number of hydrogen-bond donors (Lipinski definition) is 3. The van der Waals surface area contributed by atoms with E-state index in [-0.39, 0.29) is 18.9 Å². The minimum Gasteiger partial charge on any atom is -0.497 e. The minimum absolute atomic E-state index is 0.176. The van der Waals surface area contributed by atoms with Gasteiger partial charge in [0.15, 0.2) is 11.5 Å². The summed E-state index contributed by atoms with van der Waals surface area (Å²) in [6, 6.07) is 12.1. The summed E-state index contributed by atoms with van der Waals surface area (Å²) >= 11 is 0. The number of fused-ring (bicyclic) bond motifs is 1. The lowest BCUT2D eigenvalue weighted by Gasteiger charge is -2.23. The Morgan fingerprint density at radius 3 is 2.71 bits per heavy atom. The van der Waals surface area contributed by atoms with Crippen molar-refractivity contribution in [3.63, 3.8) is 0 Å². The number of urea groups is 2. The van der Waals surface area contributed by atoms with Gasteiger partial charge in [-0.25, -0.2) is 9.59 Å². The van der Waals surface area contributed by atoms with Crippen LogP contribution in [-0.2, 0) is 0 Å². The summed E-state index contributed by atoms with van der Waals surface area (Å²) in [6.07, 6.45) is 1.43. The lowest BCUT2D eigenvalue weighted by Crippen LogP contribution is -2.40. The van der Waals surface area contributed by atoms with Crippen molar-refractivity contribution in [3.8, 4) is 17.2 Å². The quantitative estimate of drug-likeness (QED) is 0.530. The highest BCUT2D eigenvalue weighted by Crippen LogP contribution is 2.35. The van der Waals surface area contributed by atoms with Crippen LogP contribution in [0.5, 0.6) is 17.2 Å². The molecule has 0 fully saturated rings. The maximum atomic E-state index is 12.5. The summed E-state index contributed by atoms with van der Waals surface area (Å²) in [7, 11) is 1.58. The number of amides is 4. The van der Waals surface area contributed by atoms with Crippen molar-refractivity contribution in [1.82, 2.24) is 10.6 Å². The highest BCUT2D eigenvalue weighted by molar-refractivity contribution is 5.92. The SMILES string of the molecule is CCNC(=O)N(CCCCNC(=O)Nc1cccc(OC)c1)c1ccc2c(c1)OCO2. The van der Waals surface area contributed by atoms with Crippen molar-refractivity contribution in [2.24, 2.45) is 0 Å². The van der Waals surface area contributed by atoms with Gasteiger partial charge in [0.05, 0.1) is 7.11 Å². The molecule has 9 heteroatoms. The van der Waals surface area contributed by atoms with Crippen LogP contribution < -0.4 is 35.1 Å². The van der Waals surface area contributed by atoms with E-state index in [4.69, 9.17) is 14.2 Å². The number of nitrogens with zero attached hydrogens (tertiary/aromatic N) is 1. The molecule has 0 atom stereocenters. The summed E-state index contributed by atoms with van der Waals surface area (Å²) in [4.78, 5) is 26.3. The maximum Gasteiger partial charge on any atom is 0.321 e. The molecule has 3 rings (SSSR count). The molecule has 4 amide bonds. The van der Waals surface area contributed by atoms with Crippen molar-refractivity contribution in [1.29, 1.82) is 0 Å². The largest absolute Gasteiger partial charge is 0.497 e. The van der Waals surface area contributed by atoms with Gasteiger partial charge >= 0.3 is 12.1 Å². The number of ether oxygens (including phenoxy) is 3. The standard InChI is InChI=1S/C22H28N4O5/c1-3-23-22(28)26(17-9-10-19-20(14-17)31-15-30-19)12-5-4-11-24-21(27)25-16-7-6-8-18(13-16)29-2/h6-10,13-14H,3-5,11-12,15H2,1-2H3,(H,23,28)(H2,24,25,27). The highest BCUT2D eigenvalue weighted by atomic mass is 16.7. The molecule has 9 nitrogen and oxygen atoms in total. The Morgan fingerprint density at radius 2 is 1.90 bits per heavy atom. The first-order valence-corrected chi connectivity index (χ1v) is 10.2. The molecule has 0 spiro atoms. The van der Waals surface area contributed by atoms with E-state index in [9.17, 15) is 9.59 Å². The number of carbonyl (C=O) groups is 2. The molecule has 0 saturated carbocycles. The molecule has 166 valence electrons. The second-order valence-electron chi connectivity index (χ2n) is 6.84. The number of unbranched alkanes of at least 4 members (excludes halogenated alkanes) is 1. The monoisotopic (exact) mass is 428 g/mol. The minimum atomic E-state index is -0.287. The molecule has 0 aromatic heterocycles. The van der Waals surface area contributed by atoms with E-state index in [0.29, 0.717) is 55.4 Å². The van der Waals surface area contributed by atoms with Gasteiger partial charge in [0, 0.05) is 43.1 Å². The van der Waals surface area contributed by atoms with Crippen molar-refractivity contribution < 1.29 is 23.8 Å². The third-order valence-electron chi connectivity index (χ3n) is 4.66. The number of benzene rings is 2. The van der Waals surface area contributed by atoms with Gasteiger partial charge in [-0.1, -0.05) is 6.07 Å². The van der Waals surface area contributed by atoms with Gasteiger partial charge in [0.1, 0.15) is 5.75 Å². The average Bonchev–Trinajstić information content (AvgIpc) is 3.24. The fourth-order valence-corrected chi connectivity index (χ4v) is 3.12. The molecule has 31 heavy (non-hydrogen) atoms. The van der Waals surface area contributed by atoms with E-state index < -0.39 is 0 Å². The molecular formula is C22H28N4O5. The number of methoxy groups -OCH3 is 1. The van der Waals surface area contributed by atoms with E-state index in [2.05, 4.69) is 16.0 Å². The van der Waals surface area contributed by atoms with Crippen LogP contribution in [0.2, 0.25) is 0 Å². The predicted octanol–water partition coefficient (Wildman–Crippen LogP) is 3.56. The third kappa shape index (κ3) is 6.18. The summed E-state index contributed by atoms with van der Waals surface area (Å²) in [5.41, 5.74) is 1.39. The number of rotatable bonds is 9. The Hall–Kier alpha value is -3.62. The first-order valence-electron chi connectivity index (χ1n) is 10.2. The topological polar surface area (TPSA) is 101 Å². The van der Waals surface area contributed by atoms with E-state index in [1.54, 1.807) is 42.3 Å². The van der Waals surface area contributed by atoms with Crippen LogP contribution in [0, 0.1) is 0 Å². The molecule has 1 aliphatic rings. The molecule has 0 aliphatic carbocycles. The van der Waals surface area contributed by atoms with E-state index >= 15 is 0 Å². The summed E-state index contributed by atoms with van der Waals surface area (Å²) in [5.74, 6) is 1.97. The zero-order valence-electron chi connectivity index (χ0n) is 17.8. The Balaban J connectivity index is 1.47. The number of nitrogens with one attached hydrogen (secondary N) is 3. The molecule has 2 aromatic rings.